The first kappa shape index (κ1) is 15.6. The van der Waals surface area contributed by atoms with Crippen molar-refractivity contribution in [2.45, 2.75) is 44.8 Å². The Kier molecular flexibility index (Phi) is 3.75. The maximum absolute atomic E-state index is 13.3. The Bertz CT molecular complexity index is 470. The third-order valence-electron chi connectivity index (χ3n) is 2.47. The van der Waals surface area contributed by atoms with Crippen LogP contribution in [0.25, 0.3) is 0 Å². The van der Waals surface area contributed by atoms with Crippen LogP contribution in [0.3, 0.4) is 0 Å². The van der Waals surface area contributed by atoms with Crippen LogP contribution in [-0.4, -0.2) is 22.2 Å². The van der Waals surface area contributed by atoms with Gasteiger partial charge in [-0.25, -0.2) is 0 Å². The Hall–Kier alpha value is -1.47. The zero-order chi connectivity index (χ0) is 15.1. The third kappa shape index (κ3) is 2.93. The Morgan fingerprint density at radius 1 is 1.21 bits per heavy atom. The molecule has 0 saturated heterocycles. The van der Waals surface area contributed by atoms with E-state index in [9.17, 15) is 26.7 Å². The first-order chi connectivity index (χ1) is 8.41. The molecule has 0 amide bonds. The number of halogens is 5. The average molecular weight is 284 g/mol. The molecular weight excluding hydrogens is 271 g/mol. The predicted molar refractivity (Wildman–Crippen MR) is 56.9 cm³/mol. The first-order valence-corrected chi connectivity index (χ1v) is 5.38. The van der Waals surface area contributed by atoms with E-state index in [2.05, 4.69) is 5.10 Å². The van der Waals surface area contributed by atoms with Gasteiger partial charge in [0.25, 0.3) is 0 Å². The molecular formula is C11H13F5N2O. The van der Waals surface area contributed by atoms with Gasteiger partial charge in [0.15, 0.2) is 0 Å². The van der Waals surface area contributed by atoms with E-state index in [0.717, 1.165) is 0 Å². The van der Waals surface area contributed by atoms with E-state index < -0.39 is 29.8 Å². The minimum atomic E-state index is -5.73. The molecule has 0 fully saturated rings. The highest BCUT2D eigenvalue weighted by Gasteiger charge is 2.60. The molecule has 1 aromatic rings. The summed E-state index contributed by atoms with van der Waals surface area (Å²) < 4.78 is 64.2. The molecule has 0 aliphatic heterocycles. The lowest BCUT2D eigenvalue weighted by Gasteiger charge is -2.19. The first-order valence-electron chi connectivity index (χ1n) is 5.38. The van der Waals surface area contributed by atoms with Crippen LogP contribution in [0.5, 0.6) is 0 Å². The highest BCUT2D eigenvalue weighted by molar-refractivity contribution is 5.49. The standard InChI is InChI=1S/C11H13F5N2O/c1-9(2,3)7-6-8(18(17-7)4-5-19)10(12,13)11(14,15)16/h5-6H,4H2,1-3H3. The van der Waals surface area contributed by atoms with Crippen molar-refractivity contribution in [1.29, 1.82) is 0 Å². The molecule has 1 heterocycles. The molecule has 0 aliphatic carbocycles. The smallest absolute Gasteiger partial charge is 0.301 e. The van der Waals surface area contributed by atoms with Crippen molar-refractivity contribution >= 4 is 6.29 Å². The summed E-state index contributed by atoms with van der Waals surface area (Å²) in [5, 5.41) is 3.66. The van der Waals surface area contributed by atoms with Gasteiger partial charge in [-0.3, -0.25) is 4.68 Å². The van der Waals surface area contributed by atoms with Gasteiger partial charge in [-0.2, -0.15) is 27.1 Å². The van der Waals surface area contributed by atoms with Gasteiger partial charge in [-0.05, 0) is 6.07 Å². The molecule has 1 aromatic heterocycles. The molecule has 0 aromatic carbocycles. The van der Waals surface area contributed by atoms with Crippen molar-refractivity contribution in [2.24, 2.45) is 0 Å². The molecule has 8 heteroatoms. The zero-order valence-corrected chi connectivity index (χ0v) is 10.6. The number of hydrogen-bond donors (Lipinski definition) is 0. The third-order valence-corrected chi connectivity index (χ3v) is 2.47. The highest BCUT2D eigenvalue weighted by atomic mass is 19.4. The minimum Gasteiger partial charge on any atom is -0.301 e. The van der Waals surface area contributed by atoms with Crippen molar-refractivity contribution in [3.05, 3.63) is 17.5 Å². The monoisotopic (exact) mass is 284 g/mol. The quantitative estimate of drug-likeness (QED) is 0.631. The number of hydrogen-bond acceptors (Lipinski definition) is 2. The SMILES string of the molecule is CC(C)(C)c1cc(C(F)(F)C(F)(F)F)n(CC=O)n1. The van der Waals surface area contributed by atoms with Crippen LogP contribution < -0.4 is 0 Å². The molecule has 0 saturated carbocycles. The lowest BCUT2D eigenvalue weighted by molar-refractivity contribution is -0.292. The maximum atomic E-state index is 13.3. The summed E-state index contributed by atoms with van der Waals surface area (Å²) in [5.74, 6) is -5.05. The summed E-state index contributed by atoms with van der Waals surface area (Å²) in [6.45, 7) is 4.21. The summed E-state index contributed by atoms with van der Waals surface area (Å²) >= 11 is 0. The fraction of sp³-hybridized carbons (Fsp3) is 0.636. The van der Waals surface area contributed by atoms with E-state index in [4.69, 9.17) is 0 Å². The van der Waals surface area contributed by atoms with Crippen LogP contribution in [0.15, 0.2) is 6.07 Å². The van der Waals surface area contributed by atoms with E-state index in [1.807, 2.05) is 0 Å². The van der Waals surface area contributed by atoms with Crippen LogP contribution in [0.1, 0.15) is 32.2 Å². The Morgan fingerprint density at radius 3 is 2.11 bits per heavy atom. The minimum absolute atomic E-state index is 0.0632. The summed E-state index contributed by atoms with van der Waals surface area (Å²) in [4.78, 5) is 10.4. The largest absolute Gasteiger partial charge is 0.459 e. The Balaban J connectivity index is 3.41. The van der Waals surface area contributed by atoms with E-state index in [0.29, 0.717) is 10.7 Å². The van der Waals surface area contributed by atoms with E-state index in [1.165, 1.54) is 0 Å². The van der Waals surface area contributed by atoms with Crippen molar-refractivity contribution in [3.63, 3.8) is 0 Å². The number of rotatable bonds is 3. The van der Waals surface area contributed by atoms with Gasteiger partial charge in [0.05, 0.1) is 12.2 Å². The van der Waals surface area contributed by atoms with Crippen molar-refractivity contribution in [3.8, 4) is 0 Å². The molecule has 0 aliphatic rings. The van der Waals surface area contributed by atoms with Crippen molar-refractivity contribution in [1.82, 2.24) is 9.78 Å². The molecule has 3 nitrogen and oxygen atoms in total. The fourth-order valence-corrected chi connectivity index (χ4v) is 1.39. The van der Waals surface area contributed by atoms with Crippen LogP contribution >= 0.6 is 0 Å². The molecule has 0 N–H and O–H groups in total. The fourth-order valence-electron chi connectivity index (χ4n) is 1.39. The van der Waals surface area contributed by atoms with Crippen LogP contribution in [0.4, 0.5) is 22.0 Å². The Morgan fingerprint density at radius 2 is 1.74 bits per heavy atom. The zero-order valence-electron chi connectivity index (χ0n) is 10.6. The van der Waals surface area contributed by atoms with Crippen LogP contribution in [0, 0.1) is 0 Å². The molecule has 0 unspecified atom stereocenters. The molecule has 0 radical (unpaired) electrons. The van der Waals surface area contributed by atoms with E-state index in [1.54, 1.807) is 20.8 Å². The van der Waals surface area contributed by atoms with Gasteiger partial charge in [-0.15, -0.1) is 0 Å². The normalized spacial score (nSPS) is 13.7. The van der Waals surface area contributed by atoms with Gasteiger partial charge in [0, 0.05) is 5.41 Å². The molecule has 1 rings (SSSR count). The summed E-state index contributed by atoms with van der Waals surface area (Å²) in [6, 6.07) is 0.691. The molecule has 19 heavy (non-hydrogen) atoms. The molecule has 0 spiro atoms. The van der Waals surface area contributed by atoms with Gasteiger partial charge >= 0.3 is 12.1 Å². The molecule has 108 valence electrons. The molecule has 0 atom stereocenters. The number of carbonyl (C=O) groups is 1. The highest BCUT2D eigenvalue weighted by Crippen LogP contribution is 2.44. The van der Waals surface area contributed by atoms with Gasteiger partial charge < -0.3 is 4.79 Å². The predicted octanol–water partition coefficient (Wildman–Crippen LogP) is 3.03. The lowest BCUT2D eigenvalue weighted by Crippen LogP contribution is -2.36. The molecule has 0 bridgehead atoms. The van der Waals surface area contributed by atoms with E-state index >= 15 is 0 Å². The number of aromatic nitrogens is 2. The second-order valence-corrected chi connectivity index (χ2v) is 5.09. The van der Waals surface area contributed by atoms with Crippen molar-refractivity contribution < 1.29 is 26.7 Å². The van der Waals surface area contributed by atoms with E-state index in [-0.39, 0.29) is 12.0 Å². The van der Waals surface area contributed by atoms with Crippen LogP contribution in [0.2, 0.25) is 0 Å². The number of carbonyl (C=O) groups excluding carboxylic acids is 1. The second-order valence-electron chi connectivity index (χ2n) is 5.09. The van der Waals surface area contributed by atoms with Gasteiger partial charge in [-0.1, -0.05) is 20.8 Å². The topological polar surface area (TPSA) is 34.9 Å². The average Bonchev–Trinajstić information content (AvgIpc) is 2.60. The van der Waals surface area contributed by atoms with Crippen molar-refractivity contribution in [2.75, 3.05) is 0 Å². The Labute approximate surface area is 106 Å². The summed E-state index contributed by atoms with van der Waals surface area (Å²) in [6.07, 6.45) is -5.52. The number of nitrogens with zero attached hydrogens (tertiary/aromatic N) is 2. The lowest BCUT2D eigenvalue weighted by atomic mass is 9.92. The second kappa shape index (κ2) is 4.57. The summed E-state index contributed by atoms with van der Waals surface area (Å²) in [7, 11) is 0. The number of aldehydes is 1. The van der Waals surface area contributed by atoms with Gasteiger partial charge in [0.1, 0.15) is 12.0 Å². The maximum Gasteiger partial charge on any atom is 0.459 e. The van der Waals surface area contributed by atoms with Crippen LogP contribution in [-0.2, 0) is 22.7 Å². The van der Waals surface area contributed by atoms with Gasteiger partial charge in [0.2, 0.25) is 0 Å². The summed E-state index contributed by atoms with van der Waals surface area (Å²) in [5.41, 5.74) is -1.96. The number of alkyl halides is 5.